The molecule has 15 heavy (non-hydrogen) atoms. The first-order valence-corrected chi connectivity index (χ1v) is 6.20. The summed E-state index contributed by atoms with van der Waals surface area (Å²) in [6.45, 7) is 6.81. The molecule has 0 aromatic carbocycles. The van der Waals surface area contributed by atoms with Gasteiger partial charge in [-0.3, -0.25) is 4.79 Å². The second-order valence-corrected chi connectivity index (χ2v) is 6.02. The molecule has 1 heteroatoms. The zero-order chi connectivity index (χ0) is 11.1. The summed E-state index contributed by atoms with van der Waals surface area (Å²) in [6.07, 6.45) is 8.55. The maximum absolute atomic E-state index is 12.1. The van der Waals surface area contributed by atoms with Crippen LogP contribution in [0.15, 0.2) is 12.2 Å². The molecule has 0 bridgehead atoms. The van der Waals surface area contributed by atoms with E-state index in [1.807, 2.05) is 0 Å². The van der Waals surface area contributed by atoms with Crippen molar-refractivity contribution in [3.8, 4) is 0 Å². The van der Waals surface area contributed by atoms with Crippen LogP contribution in [0.3, 0.4) is 0 Å². The first-order chi connectivity index (χ1) is 7.02. The number of hydrogen-bond acceptors (Lipinski definition) is 1. The molecule has 0 amide bonds. The van der Waals surface area contributed by atoms with Gasteiger partial charge in [0.25, 0.3) is 0 Å². The van der Waals surface area contributed by atoms with Crippen molar-refractivity contribution in [2.24, 2.45) is 23.2 Å². The Hall–Kier alpha value is -0.590. The summed E-state index contributed by atoms with van der Waals surface area (Å²) in [5, 5.41) is 0. The van der Waals surface area contributed by atoms with Crippen molar-refractivity contribution in [2.45, 2.75) is 46.5 Å². The van der Waals surface area contributed by atoms with E-state index in [-0.39, 0.29) is 5.41 Å². The van der Waals surface area contributed by atoms with E-state index in [1.54, 1.807) is 0 Å². The van der Waals surface area contributed by atoms with Crippen LogP contribution in [0.4, 0.5) is 0 Å². The Morgan fingerprint density at radius 1 is 1.33 bits per heavy atom. The predicted molar refractivity (Wildman–Crippen MR) is 62.5 cm³/mol. The molecule has 1 saturated carbocycles. The summed E-state index contributed by atoms with van der Waals surface area (Å²) in [6, 6.07) is 0. The van der Waals surface area contributed by atoms with Crippen LogP contribution in [0.25, 0.3) is 0 Å². The highest BCUT2D eigenvalue weighted by Crippen LogP contribution is 2.55. The SMILES string of the molecule is CC1C/C=C/CCC(=O)[C@H]2[C@H]1CC2(C)C. The van der Waals surface area contributed by atoms with E-state index in [4.69, 9.17) is 0 Å². The smallest absolute Gasteiger partial charge is 0.137 e. The minimum Gasteiger partial charge on any atom is -0.299 e. The third kappa shape index (κ3) is 1.89. The van der Waals surface area contributed by atoms with Crippen LogP contribution in [0, 0.1) is 23.2 Å². The monoisotopic (exact) mass is 206 g/mol. The molecular weight excluding hydrogens is 184 g/mol. The van der Waals surface area contributed by atoms with Crippen LogP contribution in [0.2, 0.25) is 0 Å². The van der Waals surface area contributed by atoms with Crippen LogP contribution >= 0.6 is 0 Å². The van der Waals surface area contributed by atoms with Crippen LogP contribution in [0.5, 0.6) is 0 Å². The maximum atomic E-state index is 12.1. The molecule has 2 aliphatic carbocycles. The molecule has 0 aromatic rings. The Kier molecular flexibility index (Phi) is 2.74. The average molecular weight is 206 g/mol. The molecule has 0 aromatic heterocycles. The third-order valence-corrected chi connectivity index (χ3v) is 4.34. The van der Waals surface area contributed by atoms with Crippen molar-refractivity contribution in [1.82, 2.24) is 0 Å². The Labute approximate surface area is 92.9 Å². The minimum atomic E-state index is 0.264. The second-order valence-electron chi connectivity index (χ2n) is 6.02. The molecule has 84 valence electrons. The first-order valence-electron chi connectivity index (χ1n) is 6.20. The quantitative estimate of drug-likeness (QED) is 0.553. The molecule has 0 radical (unpaired) electrons. The molecule has 2 aliphatic rings. The van der Waals surface area contributed by atoms with Gasteiger partial charge in [-0.1, -0.05) is 32.9 Å². The highest BCUT2D eigenvalue weighted by Gasteiger charge is 2.52. The average Bonchev–Trinajstić information content (AvgIpc) is 2.17. The Morgan fingerprint density at radius 2 is 2.07 bits per heavy atom. The van der Waals surface area contributed by atoms with Gasteiger partial charge in [0.2, 0.25) is 0 Å². The zero-order valence-electron chi connectivity index (χ0n) is 10.1. The van der Waals surface area contributed by atoms with Crippen molar-refractivity contribution in [3.63, 3.8) is 0 Å². The van der Waals surface area contributed by atoms with Crippen LogP contribution in [0.1, 0.15) is 46.5 Å². The molecule has 3 atom stereocenters. The number of Topliss-reactive ketones (excluding diaryl/α,β-unsaturated/α-hetero) is 1. The standard InChI is InChI=1S/C14H22O/c1-10-7-5-4-6-8-12(15)13-11(10)9-14(13,2)3/h4-5,10-11,13H,6-9H2,1-3H3/b5-4+/t10?,11-,13+/m0/s1. The van der Waals surface area contributed by atoms with Crippen molar-refractivity contribution in [2.75, 3.05) is 0 Å². The first kappa shape index (κ1) is 10.9. The third-order valence-electron chi connectivity index (χ3n) is 4.34. The normalized spacial score (nSPS) is 41.8. The highest BCUT2D eigenvalue weighted by molar-refractivity contribution is 5.83. The van der Waals surface area contributed by atoms with Gasteiger partial charge >= 0.3 is 0 Å². The number of carbonyl (C=O) groups excluding carboxylic acids is 1. The van der Waals surface area contributed by atoms with Crippen LogP contribution in [-0.4, -0.2) is 5.78 Å². The lowest BCUT2D eigenvalue weighted by atomic mass is 9.50. The zero-order valence-corrected chi connectivity index (χ0v) is 10.1. The Bertz CT molecular complexity index is 288. The fraction of sp³-hybridized carbons (Fsp3) is 0.786. The summed E-state index contributed by atoms with van der Waals surface area (Å²) in [5.74, 6) is 2.18. The molecule has 0 heterocycles. The van der Waals surface area contributed by atoms with E-state index in [0.29, 0.717) is 23.5 Å². The fourth-order valence-corrected chi connectivity index (χ4v) is 3.46. The predicted octanol–water partition coefficient (Wildman–Crippen LogP) is 3.59. The number of hydrogen-bond donors (Lipinski definition) is 0. The second kappa shape index (κ2) is 3.77. The van der Waals surface area contributed by atoms with E-state index >= 15 is 0 Å². The van der Waals surface area contributed by atoms with Gasteiger partial charge in [0.15, 0.2) is 0 Å². The van der Waals surface area contributed by atoms with Gasteiger partial charge in [-0.15, -0.1) is 0 Å². The van der Waals surface area contributed by atoms with Gasteiger partial charge in [-0.05, 0) is 36.5 Å². The van der Waals surface area contributed by atoms with Crippen LogP contribution < -0.4 is 0 Å². The summed E-state index contributed by atoms with van der Waals surface area (Å²) < 4.78 is 0. The van der Waals surface area contributed by atoms with E-state index in [9.17, 15) is 4.79 Å². The number of fused-ring (bicyclic) bond motifs is 1. The fourth-order valence-electron chi connectivity index (χ4n) is 3.46. The lowest BCUT2D eigenvalue weighted by Crippen LogP contribution is -2.50. The summed E-state index contributed by atoms with van der Waals surface area (Å²) in [5.41, 5.74) is 0.264. The van der Waals surface area contributed by atoms with Crippen molar-refractivity contribution < 1.29 is 4.79 Å². The highest BCUT2D eigenvalue weighted by atomic mass is 16.1. The van der Waals surface area contributed by atoms with E-state index in [2.05, 4.69) is 32.9 Å². The van der Waals surface area contributed by atoms with E-state index < -0.39 is 0 Å². The van der Waals surface area contributed by atoms with Gasteiger partial charge in [-0.25, -0.2) is 0 Å². The van der Waals surface area contributed by atoms with Gasteiger partial charge in [0.1, 0.15) is 5.78 Å². The molecule has 2 rings (SSSR count). The maximum Gasteiger partial charge on any atom is 0.137 e. The Morgan fingerprint density at radius 3 is 2.73 bits per heavy atom. The van der Waals surface area contributed by atoms with Gasteiger partial charge in [0, 0.05) is 12.3 Å². The van der Waals surface area contributed by atoms with Crippen molar-refractivity contribution in [3.05, 3.63) is 12.2 Å². The van der Waals surface area contributed by atoms with Gasteiger partial charge < -0.3 is 0 Å². The summed E-state index contributed by atoms with van der Waals surface area (Å²) >= 11 is 0. The summed E-state index contributed by atoms with van der Waals surface area (Å²) in [7, 11) is 0. The van der Waals surface area contributed by atoms with Crippen LogP contribution in [-0.2, 0) is 4.79 Å². The number of allylic oxidation sites excluding steroid dienone is 2. The number of ketones is 1. The van der Waals surface area contributed by atoms with Crippen molar-refractivity contribution in [1.29, 1.82) is 0 Å². The molecule has 1 unspecified atom stereocenters. The number of rotatable bonds is 0. The molecule has 0 spiro atoms. The van der Waals surface area contributed by atoms with Gasteiger partial charge in [-0.2, -0.15) is 0 Å². The topological polar surface area (TPSA) is 17.1 Å². The molecule has 0 aliphatic heterocycles. The lowest BCUT2D eigenvalue weighted by Gasteiger charge is -2.53. The van der Waals surface area contributed by atoms with Crippen molar-refractivity contribution >= 4 is 5.78 Å². The number of carbonyl (C=O) groups is 1. The minimum absolute atomic E-state index is 0.264. The molecule has 1 nitrogen and oxygen atoms in total. The van der Waals surface area contributed by atoms with E-state index in [1.165, 1.54) is 6.42 Å². The largest absolute Gasteiger partial charge is 0.299 e. The molecular formula is C14H22O. The Balaban J connectivity index is 2.18. The van der Waals surface area contributed by atoms with Gasteiger partial charge in [0.05, 0.1) is 0 Å². The van der Waals surface area contributed by atoms with E-state index in [0.717, 1.165) is 19.3 Å². The molecule has 0 saturated heterocycles. The molecule has 1 fully saturated rings. The summed E-state index contributed by atoms with van der Waals surface area (Å²) in [4.78, 5) is 12.1. The molecule has 0 N–H and O–H groups in total. The lowest BCUT2D eigenvalue weighted by molar-refractivity contribution is -0.142.